The van der Waals surface area contributed by atoms with Crippen molar-refractivity contribution < 1.29 is 9.90 Å². The van der Waals surface area contributed by atoms with Crippen LogP contribution < -0.4 is 5.32 Å². The van der Waals surface area contributed by atoms with Crippen molar-refractivity contribution in [3.05, 3.63) is 6.33 Å². The maximum atomic E-state index is 11.5. The molecule has 0 unspecified atom stereocenters. The number of rotatable bonds is 4. The minimum atomic E-state index is -0.398. The summed E-state index contributed by atoms with van der Waals surface area (Å²) in [5, 5.41) is 22.4. The highest BCUT2D eigenvalue weighted by Gasteiger charge is 2.37. The van der Waals surface area contributed by atoms with Crippen LogP contribution in [0.15, 0.2) is 6.33 Å². The zero-order chi connectivity index (χ0) is 10.7. The molecule has 1 aromatic heterocycles. The Kier molecular flexibility index (Phi) is 2.63. The van der Waals surface area contributed by atoms with Gasteiger partial charge in [0.15, 0.2) is 0 Å². The van der Waals surface area contributed by atoms with Gasteiger partial charge in [-0.1, -0.05) is 0 Å². The summed E-state index contributed by atoms with van der Waals surface area (Å²) in [5.41, 5.74) is -0.398. The zero-order valence-electron chi connectivity index (χ0n) is 8.26. The van der Waals surface area contributed by atoms with Crippen LogP contribution in [0, 0.1) is 0 Å². The van der Waals surface area contributed by atoms with Gasteiger partial charge < -0.3 is 10.4 Å². The molecule has 2 rings (SSSR count). The number of hydrogen-bond acceptors (Lipinski definition) is 5. The van der Waals surface area contributed by atoms with Gasteiger partial charge in [-0.3, -0.25) is 4.79 Å². The largest absolute Gasteiger partial charge is 0.394 e. The van der Waals surface area contributed by atoms with Crippen LogP contribution in [0.3, 0.4) is 0 Å². The molecular formula is C8H13N5O2. The van der Waals surface area contributed by atoms with Crippen molar-refractivity contribution in [1.29, 1.82) is 0 Å². The van der Waals surface area contributed by atoms with E-state index < -0.39 is 5.54 Å². The summed E-state index contributed by atoms with van der Waals surface area (Å²) in [5.74, 6) is -0.170. The molecule has 1 saturated carbocycles. The first kappa shape index (κ1) is 10.0. The lowest BCUT2D eigenvalue weighted by Gasteiger charge is -2.40. The number of tetrazole rings is 1. The first-order valence-corrected chi connectivity index (χ1v) is 4.87. The lowest BCUT2D eigenvalue weighted by molar-refractivity contribution is -0.125. The highest BCUT2D eigenvalue weighted by atomic mass is 16.3. The minimum absolute atomic E-state index is 0.00561. The Morgan fingerprint density at radius 3 is 2.87 bits per heavy atom. The third kappa shape index (κ3) is 2.12. The van der Waals surface area contributed by atoms with Crippen LogP contribution in [0.1, 0.15) is 19.3 Å². The van der Waals surface area contributed by atoms with E-state index in [0.29, 0.717) is 0 Å². The second kappa shape index (κ2) is 3.93. The molecule has 82 valence electrons. The van der Waals surface area contributed by atoms with Gasteiger partial charge >= 0.3 is 0 Å². The first-order valence-electron chi connectivity index (χ1n) is 4.87. The average molecular weight is 211 g/mol. The Bertz CT molecular complexity index is 327. The van der Waals surface area contributed by atoms with E-state index in [1.165, 1.54) is 11.0 Å². The third-order valence-corrected chi connectivity index (χ3v) is 2.71. The topological polar surface area (TPSA) is 92.9 Å². The Morgan fingerprint density at radius 1 is 1.60 bits per heavy atom. The maximum absolute atomic E-state index is 11.5. The van der Waals surface area contributed by atoms with Gasteiger partial charge in [-0.25, -0.2) is 4.68 Å². The van der Waals surface area contributed by atoms with Crippen molar-refractivity contribution in [2.75, 3.05) is 6.61 Å². The molecule has 1 amide bonds. The molecule has 1 heterocycles. The van der Waals surface area contributed by atoms with E-state index in [0.717, 1.165) is 19.3 Å². The van der Waals surface area contributed by atoms with Crippen molar-refractivity contribution in [2.24, 2.45) is 0 Å². The van der Waals surface area contributed by atoms with Crippen LogP contribution in [-0.2, 0) is 11.3 Å². The summed E-state index contributed by atoms with van der Waals surface area (Å²) in [4.78, 5) is 11.5. The minimum Gasteiger partial charge on any atom is -0.394 e. The number of aliphatic hydroxyl groups is 1. The third-order valence-electron chi connectivity index (χ3n) is 2.71. The Hall–Kier alpha value is -1.50. The molecule has 15 heavy (non-hydrogen) atoms. The van der Waals surface area contributed by atoms with Crippen molar-refractivity contribution in [3.8, 4) is 0 Å². The summed E-state index contributed by atoms with van der Waals surface area (Å²) in [6.07, 6.45) is 4.10. The van der Waals surface area contributed by atoms with Crippen molar-refractivity contribution in [3.63, 3.8) is 0 Å². The molecule has 1 fully saturated rings. The number of amides is 1. The lowest BCUT2D eigenvalue weighted by atomic mass is 9.77. The van der Waals surface area contributed by atoms with Crippen LogP contribution in [0.4, 0.5) is 0 Å². The Morgan fingerprint density at radius 2 is 2.40 bits per heavy atom. The van der Waals surface area contributed by atoms with Gasteiger partial charge in [0.25, 0.3) is 0 Å². The van der Waals surface area contributed by atoms with Crippen molar-refractivity contribution in [1.82, 2.24) is 25.5 Å². The number of carbonyl (C=O) groups is 1. The van der Waals surface area contributed by atoms with Crippen LogP contribution >= 0.6 is 0 Å². The van der Waals surface area contributed by atoms with Crippen LogP contribution in [-0.4, -0.2) is 43.4 Å². The van der Waals surface area contributed by atoms with E-state index in [1.807, 2.05) is 0 Å². The number of aliphatic hydroxyl groups excluding tert-OH is 1. The molecule has 1 aromatic rings. The van der Waals surface area contributed by atoms with Gasteiger partial charge in [0.05, 0.1) is 12.1 Å². The number of hydrogen-bond donors (Lipinski definition) is 2. The second-order valence-corrected chi connectivity index (χ2v) is 3.85. The molecule has 0 aliphatic heterocycles. The predicted octanol–water partition coefficient (Wildman–Crippen LogP) is -1.30. The van der Waals surface area contributed by atoms with E-state index in [9.17, 15) is 4.79 Å². The molecule has 0 saturated heterocycles. The molecule has 0 spiro atoms. The average Bonchev–Trinajstić information content (AvgIpc) is 2.64. The Labute approximate surface area is 86.5 Å². The van der Waals surface area contributed by atoms with Crippen molar-refractivity contribution >= 4 is 5.91 Å². The van der Waals surface area contributed by atoms with Crippen LogP contribution in [0.2, 0.25) is 0 Å². The molecule has 2 N–H and O–H groups in total. The summed E-state index contributed by atoms with van der Waals surface area (Å²) in [6.45, 7) is 0.0864. The number of aromatic nitrogens is 4. The quantitative estimate of drug-likeness (QED) is 0.646. The number of nitrogens with one attached hydrogen (secondary N) is 1. The summed E-state index contributed by atoms with van der Waals surface area (Å²) in [6, 6.07) is 0. The van der Waals surface area contributed by atoms with Gasteiger partial charge in [0.1, 0.15) is 12.9 Å². The fraction of sp³-hybridized carbons (Fsp3) is 0.750. The van der Waals surface area contributed by atoms with E-state index >= 15 is 0 Å². The second-order valence-electron chi connectivity index (χ2n) is 3.85. The fourth-order valence-electron chi connectivity index (χ4n) is 1.66. The highest BCUT2D eigenvalue weighted by Crippen LogP contribution is 2.30. The molecule has 0 bridgehead atoms. The lowest BCUT2D eigenvalue weighted by Crippen LogP contribution is -2.56. The summed E-state index contributed by atoms with van der Waals surface area (Å²) >= 11 is 0. The van der Waals surface area contributed by atoms with Gasteiger partial charge in [0.2, 0.25) is 5.91 Å². The molecule has 0 aromatic carbocycles. The molecule has 7 nitrogen and oxygen atoms in total. The van der Waals surface area contributed by atoms with E-state index in [1.54, 1.807) is 0 Å². The van der Waals surface area contributed by atoms with Crippen LogP contribution in [0.25, 0.3) is 0 Å². The molecule has 7 heteroatoms. The van der Waals surface area contributed by atoms with Crippen molar-refractivity contribution in [2.45, 2.75) is 31.3 Å². The fourth-order valence-corrected chi connectivity index (χ4v) is 1.66. The van der Waals surface area contributed by atoms with Gasteiger partial charge in [0, 0.05) is 0 Å². The maximum Gasteiger partial charge on any atom is 0.242 e. The molecular weight excluding hydrogens is 198 g/mol. The summed E-state index contributed by atoms with van der Waals surface area (Å²) < 4.78 is 1.35. The number of carbonyl (C=O) groups excluding carboxylic acids is 1. The smallest absolute Gasteiger partial charge is 0.242 e. The molecule has 1 aliphatic carbocycles. The summed E-state index contributed by atoms with van der Waals surface area (Å²) in [7, 11) is 0. The normalized spacial score (nSPS) is 18.2. The first-order chi connectivity index (χ1) is 7.24. The van der Waals surface area contributed by atoms with E-state index in [-0.39, 0.29) is 19.1 Å². The molecule has 0 radical (unpaired) electrons. The zero-order valence-corrected chi connectivity index (χ0v) is 8.26. The standard InChI is InChI=1S/C8H13N5O2/c14-5-8(2-1-3-8)10-7(15)4-13-6-9-11-12-13/h6,14H,1-5H2,(H,10,15). The van der Waals surface area contributed by atoms with E-state index in [4.69, 9.17) is 5.11 Å². The van der Waals surface area contributed by atoms with Gasteiger partial charge in [-0.05, 0) is 29.7 Å². The van der Waals surface area contributed by atoms with E-state index in [2.05, 4.69) is 20.8 Å². The number of nitrogens with zero attached hydrogens (tertiary/aromatic N) is 4. The van der Waals surface area contributed by atoms with Crippen LogP contribution in [0.5, 0.6) is 0 Å². The van der Waals surface area contributed by atoms with Gasteiger partial charge in [-0.15, -0.1) is 5.10 Å². The monoisotopic (exact) mass is 211 g/mol. The Balaban J connectivity index is 1.87. The molecule has 0 atom stereocenters. The molecule has 1 aliphatic rings. The SMILES string of the molecule is O=C(Cn1cnnn1)NC1(CO)CCC1. The van der Waals surface area contributed by atoms with Gasteiger partial charge in [-0.2, -0.15) is 0 Å². The highest BCUT2D eigenvalue weighted by molar-refractivity contribution is 5.76. The predicted molar refractivity (Wildman–Crippen MR) is 49.6 cm³/mol.